The molecule has 10 heteroatoms. The van der Waals surface area contributed by atoms with Crippen molar-refractivity contribution in [1.82, 2.24) is 10.2 Å². The van der Waals surface area contributed by atoms with Crippen LogP contribution in [0.1, 0.15) is 60.5 Å². The molecule has 1 N–H and O–H groups in total. The van der Waals surface area contributed by atoms with E-state index in [0.717, 1.165) is 11.0 Å². The fourth-order valence-electron chi connectivity index (χ4n) is 4.72. The molecule has 2 aliphatic heterocycles. The van der Waals surface area contributed by atoms with E-state index in [1.54, 1.807) is 43.9 Å². The molecule has 2 heterocycles. The fraction of sp³-hybridized carbons (Fsp3) is 0.469. The van der Waals surface area contributed by atoms with Crippen molar-refractivity contribution in [2.75, 3.05) is 24.5 Å². The Kier molecular flexibility index (Phi) is 9.18. The lowest BCUT2D eigenvalue weighted by Crippen LogP contribution is -2.44. The first-order valence-corrected chi connectivity index (χ1v) is 14.4. The molecule has 0 aromatic heterocycles. The molecular formula is C32H42BN3O6. The minimum absolute atomic E-state index is 0.146. The molecular weight excluding hydrogens is 533 g/mol. The van der Waals surface area contributed by atoms with E-state index < -0.39 is 30.0 Å². The van der Waals surface area contributed by atoms with Crippen molar-refractivity contribution >= 4 is 42.3 Å². The van der Waals surface area contributed by atoms with E-state index in [9.17, 15) is 14.4 Å². The zero-order valence-corrected chi connectivity index (χ0v) is 25.7. The summed E-state index contributed by atoms with van der Waals surface area (Å²) in [6.45, 7) is 14.1. The number of nitrogens with one attached hydrogen (secondary N) is 1. The van der Waals surface area contributed by atoms with Crippen LogP contribution in [0, 0.1) is 0 Å². The summed E-state index contributed by atoms with van der Waals surface area (Å²) < 4.78 is 17.7. The van der Waals surface area contributed by atoms with Crippen LogP contribution in [0.3, 0.4) is 0 Å². The zero-order valence-electron chi connectivity index (χ0n) is 25.7. The van der Waals surface area contributed by atoms with Gasteiger partial charge in [-0.05, 0) is 84.1 Å². The SMILES string of the molecule is CC(C)(C)OC(=O)N[C@H]1CCN(C(=O)CN(C(=O)C=Cc2ccccc2)c2ccc(B3OC(C)(C)C(C)(C)O3)cc2)C1. The number of carbonyl (C=O) groups is 3. The quantitative estimate of drug-likeness (QED) is 0.394. The topological polar surface area (TPSA) is 97.4 Å². The van der Waals surface area contributed by atoms with Crippen LogP contribution in [0.5, 0.6) is 0 Å². The second-order valence-electron chi connectivity index (χ2n) is 12.8. The van der Waals surface area contributed by atoms with Crippen LogP contribution >= 0.6 is 0 Å². The highest BCUT2D eigenvalue weighted by Crippen LogP contribution is 2.36. The van der Waals surface area contributed by atoms with Crippen molar-refractivity contribution in [1.29, 1.82) is 0 Å². The summed E-state index contributed by atoms with van der Waals surface area (Å²) in [5.74, 6) is -0.529. The molecule has 0 bridgehead atoms. The van der Waals surface area contributed by atoms with Crippen molar-refractivity contribution in [2.45, 2.75) is 77.7 Å². The smallest absolute Gasteiger partial charge is 0.444 e. The number of ether oxygens (including phenoxy) is 1. The van der Waals surface area contributed by atoms with Gasteiger partial charge in [0.05, 0.1) is 17.2 Å². The number of likely N-dealkylation sites (tertiary alicyclic amines) is 1. The highest BCUT2D eigenvalue weighted by Gasteiger charge is 2.51. The molecule has 3 amide bonds. The molecule has 2 fully saturated rings. The average Bonchev–Trinajstić information content (AvgIpc) is 3.46. The van der Waals surface area contributed by atoms with E-state index in [2.05, 4.69) is 5.32 Å². The number of hydrogen-bond donors (Lipinski definition) is 1. The summed E-state index contributed by atoms with van der Waals surface area (Å²) in [6, 6.07) is 16.6. The predicted octanol–water partition coefficient (Wildman–Crippen LogP) is 4.16. The lowest BCUT2D eigenvalue weighted by atomic mass is 9.79. The maximum absolute atomic E-state index is 13.5. The van der Waals surface area contributed by atoms with Gasteiger partial charge in [0.15, 0.2) is 0 Å². The van der Waals surface area contributed by atoms with Crippen LogP contribution < -0.4 is 15.7 Å². The predicted molar refractivity (Wildman–Crippen MR) is 164 cm³/mol. The van der Waals surface area contributed by atoms with Gasteiger partial charge in [0, 0.05) is 24.9 Å². The van der Waals surface area contributed by atoms with Gasteiger partial charge in [0.25, 0.3) is 5.91 Å². The summed E-state index contributed by atoms with van der Waals surface area (Å²) in [4.78, 5) is 42.2. The minimum Gasteiger partial charge on any atom is -0.444 e. The van der Waals surface area contributed by atoms with Gasteiger partial charge >= 0.3 is 13.2 Å². The zero-order chi connectivity index (χ0) is 30.7. The highest BCUT2D eigenvalue weighted by molar-refractivity contribution is 6.62. The Balaban J connectivity index is 1.48. The Morgan fingerprint density at radius 2 is 1.64 bits per heavy atom. The van der Waals surface area contributed by atoms with E-state index in [-0.39, 0.29) is 24.4 Å². The summed E-state index contributed by atoms with van der Waals surface area (Å²) in [7, 11) is -0.535. The molecule has 42 heavy (non-hydrogen) atoms. The Morgan fingerprint density at radius 3 is 2.24 bits per heavy atom. The molecule has 0 radical (unpaired) electrons. The van der Waals surface area contributed by atoms with Gasteiger partial charge in [-0.1, -0.05) is 42.5 Å². The molecule has 224 valence electrons. The lowest BCUT2D eigenvalue weighted by molar-refractivity contribution is -0.130. The van der Waals surface area contributed by atoms with Gasteiger partial charge in [-0.3, -0.25) is 14.5 Å². The molecule has 0 aliphatic carbocycles. The Bertz CT molecular complexity index is 1290. The number of rotatable bonds is 7. The van der Waals surface area contributed by atoms with Crippen molar-refractivity contribution in [3.63, 3.8) is 0 Å². The van der Waals surface area contributed by atoms with E-state index in [4.69, 9.17) is 14.0 Å². The Labute approximate surface area is 249 Å². The number of nitrogens with zero attached hydrogens (tertiary/aromatic N) is 2. The average molecular weight is 576 g/mol. The summed E-state index contributed by atoms with van der Waals surface area (Å²) in [5, 5.41) is 2.84. The number of hydrogen-bond acceptors (Lipinski definition) is 6. The number of benzene rings is 2. The van der Waals surface area contributed by atoms with Crippen LogP contribution in [0.25, 0.3) is 6.08 Å². The molecule has 0 unspecified atom stereocenters. The van der Waals surface area contributed by atoms with Crippen molar-refractivity contribution in [3.05, 3.63) is 66.2 Å². The molecule has 9 nitrogen and oxygen atoms in total. The van der Waals surface area contributed by atoms with Crippen LogP contribution in [0.4, 0.5) is 10.5 Å². The first kappa shape index (κ1) is 31.3. The second-order valence-corrected chi connectivity index (χ2v) is 12.8. The Morgan fingerprint density at radius 1 is 1.02 bits per heavy atom. The third kappa shape index (κ3) is 7.80. The van der Waals surface area contributed by atoms with Crippen molar-refractivity contribution in [2.24, 2.45) is 0 Å². The maximum Gasteiger partial charge on any atom is 0.494 e. The first-order valence-electron chi connectivity index (χ1n) is 14.4. The minimum atomic E-state index is -0.607. The van der Waals surface area contributed by atoms with Crippen LogP contribution in [0.2, 0.25) is 0 Å². The van der Waals surface area contributed by atoms with Crippen molar-refractivity contribution in [3.8, 4) is 0 Å². The molecule has 1 atom stereocenters. The summed E-state index contributed by atoms with van der Waals surface area (Å²) >= 11 is 0. The molecule has 2 saturated heterocycles. The normalized spacial score (nSPS) is 19.6. The third-order valence-corrected chi connectivity index (χ3v) is 7.77. The van der Waals surface area contributed by atoms with Gasteiger partial charge in [0.2, 0.25) is 5.91 Å². The van der Waals surface area contributed by atoms with E-state index in [1.807, 2.05) is 70.2 Å². The Hall–Kier alpha value is -3.63. The van der Waals surface area contributed by atoms with E-state index >= 15 is 0 Å². The van der Waals surface area contributed by atoms with Gasteiger partial charge in [-0.25, -0.2) is 4.79 Å². The molecule has 4 rings (SSSR count). The molecule has 2 aromatic carbocycles. The largest absolute Gasteiger partial charge is 0.494 e. The van der Waals surface area contributed by atoms with Gasteiger partial charge in [0.1, 0.15) is 12.1 Å². The number of amides is 3. The van der Waals surface area contributed by atoms with Crippen LogP contribution in [-0.2, 0) is 23.6 Å². The monoisotopic (exact) mass is 575 g/mol. The van der Waals surface area contributed by atoms with E-state index in [0.29, 0.717) is 25.2 Å². The summed E-state index contributed by atoms with van der Waals surface area (Å²) in [6.07, 6.45) is 3.30. The molecule has 2 aromatic rings. The fourth-order valence-corrected chi connectivity index (χ4v) is 4.72. The molecule has 0 saturated carbocycles. The van der Waals surface area contributed by atoms with Crippen molar-refractivity contribution < 1.29 is 28.4 Å². The second kappa shape index (κ2) is 12.3. The highest BCUT2D eigenvalue weighted by atomic mass is 16.7. The number of anilines is 1. The standard InChI is InChI=1S/C32H42BN3O6/c1-30(2,3)40-29(39)34-25-19-20-35(21-25)28(38)22-36(27(37)18-13-23-11-9-8-10-12-23)26-16-14-24(15-17-26)33-41-31(4,5)32(6,7)42-33/h8-18,25H,19-22H2,1-7H3,(H,34,39)/t25-/m0/s1. The van der Waals surface area contributed by atoms with E-state index in [1.165, 1.54) is 11.0 Å². The number of alkyl carbamates (subject to hydrolysis) is 1. The van der Waals surface area contributed by atoms with Crippen LogP contribution in [-0.4, -0.2) is 72.4 Å². The van der Waals surface area contributed by atoms with Gasteiger partial charge in [-0.15, -0.1) is 0 Å². The van der Waals surface area contributed by atoms with Gasteiger partial charge < -0.3 is 24.3 Å². The van der Waals surface area contributed by atoms with Crippen LogP contribution in [0.15, 0.2) is 60.7 Å². The maximum atomic E-state index is 13.5. The molecule has 2 aliphatic rings. The first-order chi connectivity index (χ1) is 19.6. The lowest BCUT2D eigenvalue weighted by Gasteiger charge is -2.32. The molecule has 0 spiro atoms. The third-order valence-electron chi connectivity index (χ3n) is 7.77. The number of carbonyl (C=O) groups excluding carboxylic acids is 3. The van der Waals surface area contributed by atoms with Gasteiger partial charge in [-0.2, -0.15) is 0 Å². The summed E-state index contributed by atoms with van der Waals surface area (Å²) in [5.41, 5.74) is 0.728.